The first-order chi connectivity index (χ1) is 17.1. The van der Waals surface area contributed by atoms with E-state index < -0.39 is 0 Å². The molecule has 0 atom stereocenters. The molecular weight excluding hydrogens is 464 g/mol. The van der Waals surface area contributed by atoms with Gasteiger partial charge < -0.3 is 25.5 Å². The zero-order valence-electron chi connectivity index (χ0n) is 19.5. The number of nitrogens with two attached hydrogens (primary N) is 1. The van der Waals surface area contributed by atoms with Crippen molar-refractivity contribution < 1.29 is 9.94 Å². The van der Waals surface area contributed by atoms with Crippen LogP contribution in [0.1, 0.15) is 16.0 Å². The first-order valence-electron chi connectivity index (χ1n) is 11.5. The van der Waals surface area contributed by atoms with Crippen LogP contribution in [0.5, 0.6) is 0 Å². The predicted octanol–water partition coefficient (Wildman–Crippen LogP) is 2.56. The third-order valence-electron chi connectivity index (χ3n) is 5.87. The van der Waals surface area contributed by atoms with E-state index in [0.29, 0.717) is 44.6 Å². The molecule has 4 heterocycles. The number of hydrogen-bond acceptors (Lipinski definition) is 11. The third kappa shape index (κ3) is 5.24. The summed E-state index contributed by atoms with van der Waals surface area (Å²) in [6, 6.07) is 10.2. The van der Waals surface area contributed by atoms with E-state index in [1.807, 2.05) is 36.2 Å². The minimum atomic E-state index is 0.306. The fraction of sp³-hybridized carbons (Fsp3) is 0.333. The smallest absolute Gasteiger partial charge is 0.225 e. The van der Waals surface area contributed by atoms with Gasteiger partial charge in [-0.05, 0) is 11.6 Å². The maximum atomic E-state index is 8.85. The lowest BCUT2D eigenvalue weighted by Gasteiger charge is -2.28. The number of thiophene rings is 1. The number of aromatic nitrogens is 4. The average molecular weight is 493 g/mol. The van der Waals surface area contributed by atoms with Crippen LogP contribution in [0.3, 0.4) is 0 Å². The maximum absolute atomic E-state index is 8.85. The summed E-state index contributed by atoms with van der Waals surface area (Å²) in [5.74, 6) is 2.27. The molecule has 0 radical (unpaired) electrons. The van der Waals surface area contributed by atoms with Crippen molar-refractivity contribution in [1.82, 2.24) is 25.4 Å². The number of anilines is 2. The Hall–Kier alpha value is -3.22. The van der Waals surface area contributed by atoms with Gasteiger partial charge in [0.2, 0.25) is 5.95 Å². The van der Waals surface area contributed by atoms with Gasteiger partial charge >= 0.3 is 0 Å². The van der Waals surface area contributed by atoms with Crippen LogP contribution in [0.15, 0.2) is 42.7 Å². The lowest BCUT2D eigenvalue weighted by molar-refractivity contribution is 0.122. The van der Waals surface area contributed by atoms with Crippen molar-refractivity contribution in [2.75, 3.05) is 43.2 Å². The van der Waals surface area contributed by atoms with Gasteiger partial charge in [-0.25, -0.2) is 25.4 Å². The van der Waals surface area contributed by atoms with E-state index in [1.165, 1.54) is 0 Å². The fourth-order valence-electron chi connectivity index (χ4n) is 3.98. The molecule has 1 saturated heterocycles. The van der Waals surface area contributed by atoms with E-state index in [4.69, 9.17) is 25.6 Å². The summed E-state index contributed by atoms with van der Waals surface area (Å²) < 4.78 is 6.64. The van der Waals surface area contributed by atoms with Crippen LogP contribution in [-0.2, 0) is 24.4 Å². The molecule has 0 amide bonds. The van der Waals surface area contributed by atoms with Crippen LogP contribution in [-0.4, -0.2) is 58.5 Å². The van der Waals surface area contributed by atoms with Crippen molar-refractivity contribution in [3.8, 4) is 11.4 Å². The molecule has 0 saturated carbocycles. The predicted molar refractivity (Wildman–Crippen MR) is 137 cm³/mol. The summed E-state index contributed by atoms with van der Waals surface area (Å²) in [6.45, 7) is 4.42. The topological polar surface area (TPSA) is 126 Å². The van der Waals surface area contributed by atoms with Crippen LogP contribution in [0.2, 0.25) is 0 Å². The van der Waals surface area contributed by atoms with Gasteiger partial charge in [-0.2, -0.15) is 0 Å². The molecular formula is C24H28N8O2S. The number of ether oxygens (including phenoxy) is 1. The normalized spacial score (nSPS) is 14.0. The summed E-state index contributed by atoms with van der Waals surface area (Å²) in [5.41, 5.74) is 11.7. The fourth-order valence-corrected chi connectivity index (χ4v) is 5.15. The van der Waals surface area contributed by atoms with Crippen molar-refractivity contribution in [2.45, 2.75) is 19.6 Å². The molecule has 35 heavy (non-hydrogen) atoms. The van der Waals surface area contributed by atoms with Crippen molar-refractivity contribution >= 4 is 33.3 Å². The van der Waals surface area contributed by atoms with E-state index in [9.17, 15) is 0 Å². The minimum absolute atomic E-state index is 0.306. The maximum Gasteiger partial charge on any atom is 0.225 e. The number of fused-ring (bicyclic) bond motifs is 1. The number of benzene rings is 1. The summed E-state index contributed by atoms with van der Waals surface area (Å²) in [4.78, 5) is 24.2. The molecule has 11 heteroatoms. The summed E-state index contributed by atoms with van der Waals surface area (Å²) in [7, 11) is 1.96. The molecule has 182 valence electrons. The Morgan fingerprint density at radius 1 is 1.11 bits per heavy atom. The van der Waals surface area contributed by atoms with Gasteiger partial charge in [0.1, 0.15) is 0 Å². The van der Waals surface area contributed by atoms with Gasteiger partial charge in [0, 0.05) is 61.6 Å². The molecule has 1 aliphatic heterocycles. The highest BCUT2D eigenvalue weighted by atomic mass is 32.1. The van der Waals surface area contributed by atoms with E-state index in [0.717, 1.165) is 50.7 Å². The Labute approximate surface area is 207 Å². The van der Waals surface area contributed by atoms with Crippen LogP contribution in [0, 0.1) is 0 Å². The van der Waals surface area contributed by atoms with Gasteiger partial charge in [-0.15, -0.1) is 11.3 Å². The van der Waals surface area contributed by atoms with Crippen LogP contribution >= 0.6 is 11.3 Å². The number of nitrogens with zero attached hydrogens (tertiary/aromatic N) is 6. The standard InChI is InChI=1S/C24H28N8O2S/c1-31(24-26-12-17(13-27-24)14-28-33)15-19-10-20-21(35-19)23(32-6-8-34-9-7-32)30-22(29-20)18-4-2-16(11-25)3-5-18/h2-5,10,12-13,28,33H,6-9,11,14-15,25H2,1H3. The van der Waals surface area contributed by atoms with Crippen molar-refractivity contribution in [3.05, 3.63) is 58.7 Å². The largest absolute Gasteiger partial charge is 0.378 e. The van der Waals surface area contributed by atoms with Crippen LogP contribution < -0.4 is 21.0 Å². The SMILES string of the molecule is CN(Cc1cc2nc(-c3ccc(CN)cc3)nc(N3CCOCC3)c2s1)c1ncc(CNO)cn1. The number of nitrogens with one attached hydrogen (secondary N) is 1. The molecule has 0 aliphatic carbocycles. The van der Waals surface area contributed by atoms with Gasteiger partial charge in [0.25, 0.3) is 0 Å². The second-order valence-corrected chi connectivity index (χ2v) is 9.52. The van der Waals surface area contributed by atoms with Gasteiger partial charge in [0.15, 0.2) is 11.6 Å². The van der Waals surface area contributed by atoms with Gasteiger partial charge in [0.05, 0.1) is 30.0 Å². The number of morpholine rings is 1. The minimum Gasteiger partial charge on any atom is -0.378 e. The molecule has 0 spiro atoms. The van der Waals surface area contributed by atoms with Crippen molar-refractivity contribution in [2.24, 2.45) is 5.73 Å². The van der Waals surface area contributed by atoms with E-state index in [-0.39, 0.29) is 0 Å². The lowest BCUT2D eigenvalue weighted by atomic mass is 10.1. The van der Waals surface area contributed by atoms with Gasteiger partial charge in [-0.1, -0.05) is 24.3 Å². The average Bonchev–Trinajstić information content (AvgIpc) is 3.31. The van der Waals surface area contributed by atoms with E-state index in [1.54, 1.807) is 23.7 Å². The Bertz CT molecular complexity index is 1270. The summed E-state index contributed by atoms with van der Waals surface area (Å²) in [6.07, 6.45) is 3.41. The molecule has 4 aromatic rings. The first kappa shape index (κ1) is 23.5. The third-order valence-corrected chi connectivity index (χ3v) is 6.98. The summed E-state index contributed by atoms with van der Waals surface area (Å²) >= 11 is 1.70. The Morgan fingerprint density at radius 2 is 1.86 bits per heavy atom. The zero-order valence-corrected chi connectivity index (χ0v) is 20.3. The lowest BCUT2D eigenvalue weighted by Crippen LogP contribution is -2.36. The molecule has 1 aromatic carbocycles. The molecule has 1 aliphatic rings. The Kier molecular flexibility index (Phi) is 7.11. The Balaban J connectivity index is 1.47. The molecule has 3 aromatic heterocycles. The highest BCUT2D eigenvalue weighted by Crippen LogP contribution is 2.35. The molecule has 0 unspecified atom stereocenters. The highest BCUT2D eigenvalue weighted by Gasteiger charge is 2.21. The second-order valence-electron chi connectivity index (χ2n) is 8.38. The summed E-state index contributed by atoms with van der Waals surface area (Å²) in [5, 5.41) is 8.85. The monoisotopic (exact) mass is 492 g/mol. The molecule has 5 rings (SSSR count). The van der Waals surface area contributed by atoms with E-state index >= 15 is 0 Å². The Morgan fingerprint density at radius 3 is 2.54 bits per heavy atom. The zero-order chi connectivity index (χ0) is 24.2. The second kappa shape index (κ2) is 10.6. The van der Waals surface area contributed by atoms with Crippen LogP contribution in [0.25, 0.3) is 21.6 Å². The van der Waals surface area contributed by atoms with Crippen molar-refractivity contribution in [1.29, 1.82) is 0 Å². The number of hydroxylamine groups is 1. The molecule has 4 N–H and O–H groups in total. The van der Waals surface area contributed by atoms with Gasteiger partial charge in [-0.3, -0.25) is 0 Å². The van der Waals surface area contributed by atoms with Crippen LogP contribution in [0.4, 0.5) is 11.8 Å². The quantitative estimate of drug-likeness (QED) is 0.316. The highest BCUT2D eigenvalue weighted by molar-refractivity contribution is 7.19. The number of rotatable bonds is 8. The van der Waals surface area contributed by atoms with E-state index in [2.05, 4.69) is 26.4 Å². The molecule has 10 nitrogen and oxygen atoms in total. The molecule has 1 fully saturated rings. The van der Waals surface area contributed by atoms with Crippen molar-refractivity contribution in [3.63, 3.8) is 0 Å². The first-order valence-corrected chi connectivity index (χ1v) is 12.3. The molecule has 0 bridgehead atoms. The number of hydrogen-bond donors (Lipinski definition) is 3.